The molecule has 0 spiro atoms. The molecule has 0 atom stereocenters. The van der Waals surface area contributed by atoms with Crippen LogP contribution in [0, 0.1) is 0 Å². The Labute approximate surface area is 80.6 Å². The monoisotopic (exact) mass is 190 g/mol. The first-order valence-electron chi connectivity index (χ1n) is 4.42. The van der Waals surface area contributed by atoms with Crippen molar-refractivity contribution in [2.45, 2.75) is 0 Å². The van der Waals surface area contributed by atoms with E-state index in [1.165, 1.54) is 21.5 Å². The zero-order valence-corrected chi connectivity index (χ0v) is 7.95. The summed E-state index contributed by atoms with van der Waals surface area (Å²) in [5.41, 5.74) is 2.47. The molecule has 0 radical (unpaired) electrons. The maximum absolute atomic E-state index is 3.39. The molecule has 0 bridgehead atoms. The summed E-state index contributed by atoms with van der Waals surface area (Å²) in [6, 6.07) is 6.60. The normalized spacial score (nSPS) is 14.8. The molecule has 0 fully saturated rings. The van der Waals surface area contributed by atoms with Crippen molar-refractivity contribution in [2.24, 2.45) is 0 Å². The van der Waals surface area contributed by atoms with Crippen LogP contribution in [0.3, 0.4) is 0 Å². The number of hydrogen-bond acceptors (Lipinski definition) is 3. The quantitative estimate of drug-likeness (QED) is 0.667. The minimum atomic E-state index is 1.02. The van der Waals surface area contributed by atoms with Gasteiger partial charge in [0, 0.05) is 17.8 Å². The lowest BCUT2D eigenvalue weighted by atomic mass is 10.2. The van der Waals surface area contributed by atoms with Gasteiger partial charge in [-0.2, -0.15) is 0 Å². The molecule has 3 rings (SSSR count). The average Bonchev–Trinajstić information content (AvgIpc) is 2.61. The number of benzene rings is 1. The molecule has 1 aliphatic rings. The molecule has 0 saturated heterocycles. The Hall–Kier alpha value is -1.22. The number of nitrogens with one attached hydrogen (secondary N) is 2. The van der Waals surface area contributed by atoms with Crippen LogP contribution in [0.5, 0.6) is 0 Å². The van der Waals surface area contributed by atoms with E-state index in [9.17, 15) is 0 Å². The standard InChI is InChI=1S/C10H10N2S/c1-4-13-10-6-9-8(5-7(1)10)11-2-3-12-9/h1,4-6,11-12H,2-3H2. The lowest BCUT2D eigenvalue weighted by Gasteiger charge is -2.19. The van der Waals surface area contributed by atoms with Crippen LogP contribution < -0.4 is 10.6 Å². The van der Waals surface area contributed by atoms with Crippen molar-refractivity contribution in [3.63, 3.8) is 0 Å². The number of thiophene rings is 1. The summed E-state index contributed by atoms with van der Waals surface area (Å²) in [6.45, 7) is 2.03. The fourth-order valence-electron chi connectivity index (χ4n) is 1.70. The number of anilines is 2. The molecule has 1 aromatic carbocycles. The molecule has 3 heteroatoms. The van der Waals surface area contributed by atoms with Crippen molar-refractivity contribution in [2.75, 3.05) is 23.7 Å². The maximum atomic E-state index is 3.39. The fraction of sp³-hybridized carbons (Fsp3) is 0.200. The van der Waals surface area contributed by atoms with E-state index in [1.807, 2.05) is 0 Å². The van der Waals surface area contributed by atoms with Crippen LogP contribution in [0.2, 0.25) is 0 Å². The molecular weight excluding hydrogens is 180 g/mol. The summed E-state index contributed by atoms with van der Waals surface area (Å²) < 4.78 is 1.36. The van der Waals surface area contributed by atoms with Crippen LogP contribution >= 0.6 is 11.3 Å². The average molecular weight is 190 g/mol. The second-order valence-corrected chi connectivity index (χ2v) is 4.16. The predicted molar refractivity (Wildman–Crippen MR) is 58.8 cm³/mol. The third kappa shape index (κ3) is 1.08. The number of rotatable bonds is 0. The Balaban J connectivity index is 2.28. The Kier molecular flexibility index (Phi) is 1.46. The summed E-state index contributed by atoms with van der Waals surface area (Å²) in [7, 11) is 0. The summed E-state index contributed by atoms with van der Waals surface area (Å²) in [5.74, 6) is 0. The molecule has 2 aromatic rings. The van der Waals surface area contributed by atoms with E-state index in [4.69, 9.17) is 0 Å². The molecule has 0 unspecified atom stereocenters. The minimum absolute atomic E-state index is 1.02. The first-order chi connectivity index (χ1) is 6.43. The Morgan fingerprint density at radius 1 is 1.08 bits per heavy atom. The van der Waals surface area contributed by atoms with Gasteiger partial charge < -0.3 is 10.6 Å². The smallest absolute Gasteiger partial charge is 0.0591 e. The Bertz CT molecular complexity index is 407. The van der Waals surface area contributed by atoms with Crippen molar-refractivity contribution in [3.05, 3.63) is 23.6 Å². The van der Waals surface area contributed by atoms with Crippen LogP contribution in [-0.2, 0) is 0 Å². The van der Waals surface area contributed by atoms with Crippen molar-refractivity contribution < 1.29 is 0 Å². The zero-order chi connectivity index (χ0) is 8.67. The van der Waals surface area contributed by atoms with Gasteiger partial charge in [-0.1, -0.05) is 0 Å². The number of fused-ring (bicyclic) bond motifs is 2. The van der Waals surface area contributed by atoms with Gasteiger partial charge in [-0.05, 0) is 29.0 Å². The molecule has 2 heterocycles. The number of hydrogen-bond donors (Lipinski definition) is 2. The van der Waals surface area contributed by atoms with E-state index in [-0.39, 0.29) is 0 Å². The van der Waals surface area contributed by atoms with E-state index < -0.39 is 0 Å². The topological polar surface area (TPSA) is 24.1 Å². The third-order valence-corrected chi connectivity index (χ3v) is 3.23. The predicted octanol–water partition coefficient (Wildman–Crippen LogP) is 2.74. The highest BCUT2D eigenvalue weighted by molar-refractivity contribution is 7.17. The van der Waals surface area contributed by atoms with Gasteiger partial charge in [0.1, 0.15) is 0 Å². The highest BCUT2D eigenvalue weighted by atomic mass is 32.1. The molecule has 1 aromatic heterocycles. The molecule has 0 aliphatic carbocycles. The Morgan fingerprint density at radius 2 is 1.85 bits per heavy atom. The molecule has 13 heavy (non-hydrogen) atoms. The molecule has 66 valence electrons. The molecule has 0 amide bonds. The van der Waals surface area contributed by atoms with Gasteiger partial charge in [0.25, 0.3) is 0 Å². The first-order valence-corrected chi connectivity index (χ1v) is 5.30. The van der Waals surface area contributed by atoms with Crippen LogP contribution in [0.25, 0.3) is 10.1 Å². The lowest BCUT2D eigenvalue weighted by Crippen LogP contribution is -2.20. The molecule has 0 saturated carbocycles. The second kappa shape index (κ2) is 2.64. The van der Waals surface area contributed by atoms with Gasteiger partial charge in [0.2, 0.25) is 0 Å². The van der Waals surface area contributed by atoms with Crippen LogP contribution in [0.15, 0.2) is 23.6 Å². The maximum Gasteiger partial charge on any atom is 0.0591 e. The van der Waals surface area contributed by atoms with E-state index in [0.29, 0.717) is 0 Å². The van der Waals surface area contributed by atoms with Gasteiger partial charge in [-0.25, -0.2) is 0 Å². The summed E-state index contributed by atoms with van der Waals surface area (Å²) in [4.78, 5) is 0. The van der Waals surface area contributed by atoms with Crippen molar-refractivity contribution in [1.82, 2.24) is 0 Å². The highest BCUT2D eigenvalue weighted by Crippen LogP contribution is 2.32. The lowest BCUT2D eigenvalue weighted by molar-refractivity contribution is 1.05. The van der Waals surface area contributed by atoms with E-state index >= 15 is 0 Å². The molecule has 2 N–H and O–H groups in total. The summed E-state index contributed by atoms with van der Waals surface area (Å²) in [5, 5.41) is 10.2. The van der Waals surface area contributed by atoms with Crippen LogP contribution in [-0.4, -0.2) is 13.1 Å². The largest absolute Gasteiger partial charge is 0.382 e. The van der Waals surface area contributed by atoms with Crippen molar-refractivity contribution in [1.29, 1.82) is 0 Å². The van der Waals surface area contributed by atoms with Gasteiger partial charge in [-0.3, -0.25) is 0 Å². The third-order valence-electron chi connectivity index (χ3n) is 2.35. The molecular formula is C10H10N2S. The van der Waals surface area contributed by atoms with Gasteiger partial charge in [0.05, 0.1) is 11.4 Å². The summed E-state index contributed by atoms with van der Waals surface area (Å²) in [6.07, 6.45) is 0. The van der Waals surface area contributed by atoms with Crippen molar-refractivity contribution in [3.8, 4) is 0 Å². The van der Waals surface area contributed by atoms with Crippen molar-refractivity contribution >= 4 is 32.8 Å². The van der Waals surface area contributed by atoms with Crippen LogP contribution in [0.4, 0.5) is 11.4 Å². The second-order valence-electron chi connectivity index (χ2n) is 3.21. The first kappa shape index (κ1) is 7.21. The van der Waals surface area contributed by atoms with Gasteiger partial charge >= 0.3 is 0 Å². The fourth-order valence-corrected chi connectivity index (χ4v) is 2.51. The van der Waals surface area contributed by atoms with Gasteiger partial charge in [-0.15, -0.1) is 11.3 Å². The SMILES string of the molecule is c1cc2cc3c(cc2s1)NCCN3. The summed E-state index contributed by atoms with van der Waals surface area (Å²) >= 11 is 1.79. The van der Waals surface area contributed by atoms with Gasteiger partial charge in [0.15, 0.2) is 0 Å². The molecule has 2 nitrogen and oxygen atoms in total. The van der Waals surface area contributed by atoms with E-state index in [2.05, 4.69) is 34.2 Å². The highest BCUT2D eigenvalue weighted by Gasteiger charge is 2.08. The Morgan fingerprint density at radius 3 is 2.69 bits per heavy atom. The van der Waals surface area contributed by atoms with E-state index in [1.54, 1.807) is 11.3 Å². The van der Waals surface area contributed by atoms with Crippen LogP contribution in [0.1, 0.15) is 0 Å². The zero-order valence-electron chi connectivity index (χ0n) is 7.13. The minimum Gasteiger partial charge on any atom is -0.382 e. The van der Waals surface area contributed by atoms with E-state index in [0.717, 1.165) is 13.1 Å². The molecule has 1 aliphatic heterocycles.